The monoisotopic (exact) mass is 342 g/mol. The minimum Gasteiger partial charge on any atom is -0.479 e. The molecule has 6 nitrogen and oxygen atoms in total. The van der Waals surface area contributed by atoms with Crippen LogP contribution in [0, 0.1) is 0 Å². The number of hydrogen-bond acceptors (Lipinski definition) is 4. The van der Waals surface area contributed by atoms with Gasteiger partial charge in [0.2, 0.25) is 0 Å². The van der Waals surface area contributed by atoms with Gasteiger partial charge in [-0.05, 0) is 37.7 Å². The Morgan fingerprint density at radius 1 is 1.39 bits per heavy atom. The lowest BCUT2D eigenvalue weighted by Crippen LogP contribution is -2.23. The van der Waals surface area contributed by atoms with Crippen LogP contribution in [0.3, 0.4) is 0 Å². The van der Waals surface area contributed by atoms with E-state index in [0.29, 0.717) is 12.0 Å². The summed E-state index contributed by atoms with van der Waals surface area (Å²) in [5.74, 6) is -1.21. The van der Waals surface area contributed by atoms with Crippen molar-refractivity contribution in [3.63, 3.8) is 0 Å². The van der Waals surface area contributed by atoms with Crippen molar-refractivity contribution in [3.8, 4) is 0 Å². The Morgan fingerprint density at radius 3 is 2.74 bits per heavy atom. The molecule has 1 fully saturated rings. The molecule has 1 aliphatic rings. The lowest BCUT2D eigenvalue weighted by molar-refractivity contribution is -0.145. The van der Waals surface area contributed by atoms with Crippen molar-refractivity contribution in [1.29, 1.82) is 0 Å². The minimum atomic E-state index is -4.00. The number of hydrogen-bond donors (Lipinski definition) is 2. The van der Waals surface area contributed by atoms with E-state index in [9.17, 15) is 19.4 Å². The van der Waals surface area contributed by atoms with Gasteiger partial charge in [0, 0.05) is 6.61 Å². The molecule has 0 bridgehead atoms. The van der Waals surface area contributed by atoms with Gasteiger partial charge in [0.15, 0.2) is 6.10 Å². The molecule has 0 spiro atoms. The number of ether oxygens (including phenoxy) is 1. The third kappa shape index (κ3) is 6.43. The van der Waals surface area contributed by atoms with Gasteiger partial charge in [-0.15, -0.1) is 0 Å². The van der Waals surface area contributed by atoms with Gasteiger partial charge in [0.05, 0.1) is 12.3 Å². The predicted octanol–water partition coefficient (Wildman–Crippen LogP) is 3.19. The highest BCUT2D eigenvalue weighted by Crippen LogP contribution is 2.47. The average Bonchev–Trinajstić information content (AvgIpc) is 2.99. The molecule has 0 amide bonds. The van der Waals surface area contributed by atoms with E-state index in [-0.39, 0.29) is 18.7 Å². The lowest BCUT2D eigenvalue weighted by atomic mass is 10.1. The molecule has 128 valence electrons. The van der Waals surface area contributed by atoms with Crippen LogP contribution >= 0.6 is 7.60 Å². The molecule has 7 heteroatoms. The largest absolute Gasteiger partial charge is 0.479 e. The molecular formula is C16H23O6P. The number of carbonyl (C=O) groups is 1. The molecule has 2 N–H and O–H groups in total. The topological polar surface area (TPSA) is 93.1 Å². The summed E-state index contributed by atoms with van der Waals surface area (Å²) in [4.78, 5) is 21.2. The summed E-state index contributed by atoms with van der Waals surface area (Å²) in [6.07, 6.45) is 2.29. The highest BCUT2D eigenvalue weighted by Gasteiger charge is 2.30. The third-order valence-electron chi connectivity index (χ3n) is 3.81. The molecule has 1 aromatic rings. The Labute approximate surface area is 136 Å². The standard InChI is InChI=1S/C16H23O6P/c17-16(18)15(10-4-8-14-9-5-11-21-14)22-23(19,20)12-13-6-2-1-3-7-13/h1-3,6-7,14-15H,4-5,8-12H2,(H,17,18)(H,19,20). The van der Waals surface area contributed by atoms with Crippen LogP contribution in [-0.4, -0.2) is 34.8 Å². The van der Waals surface area contributed by atoms with Gasteiger partial charge in [-0.2, -0.15) is 0 Å². The Balaban J connectivity index is 1.84. The molecule has 1 aliphatic heterocycles. The Hall–Kier alpha value is -1.20. The summed E-state index contributed by atoms with van der Waals surface area (Å²) >= 11 is 0. The van der Waals surface area contributed by atoms with Crippen LogP contribution in [0.4, 0.5) is 0 Å². The molecule has 0 aliphatic carbocycles. The van der Waals surface area contributed by atoms with Crippen molar-refractivity contribution in [2.45, 2.75) is 50.5 Å². The molecular weight excluding hydrogens is 319 g/mol. The van der Waals surface area contributed by atoms with Gasteiger partial charge in [-0.3, -0.25) is 9.09 Å². The number of rotatable bonds is 9. The molecule has 1 saturated heterocycles. The SMILES string of the molecule is O=C(O)C(CCCC1CCCO1)OP(=O)(O)Cc1ccccc1. The van der Waals surface area contributed by atoms with Crippen LogP contribution in [-0.2, 0) is 24.8 Å². The summed E-state index contributed by atoms with van der Waals surface area (Å²) in [5, 5.41) is 9.21. The second-order valence-electron chi connectivity index (χ2n) is 5.78. The smallest absolute Gasteiger partial charge is 0.333 e. The van der Waals surface area contributed by atoms with Crippen molar-refractivity contribution < 1.29 is 28.6 Å². The fourth-order valence-electron chi connectivity index (χ4n) is 2.67. The van der Waals surface area contributed by atoms with Crippen molar-refractivity contribution in [1.82, 2.24) is 0 Å². The van der Waals surface area contributed by atoms with Gasteiger partial charge in [0.1, 0.15) is 0 Å². The quantitative estimate of drug-likeness (QED) is 0.670. The Bertz CT molecular complexity index is 541. The summed E-state index contributed by atoms with van der Waals surface area (Å²) in [7, 11) is -4.00. The van der Waals surface area contributed by atoms with E-state index < -0.39 is 19.7 Å². The normalized spacial score (nSPS) is 21.7. The molecule has 3 atom stereocenters. The van der Waals surface area contributed by atoms with Crippen LogP contribution < -0.4 is 0 Å². The number of carboxylic acids is 1. The lowest BCUT2D eigenvalue weighted by Gasteiger charge is -2.19. The van der Waals surface area contributed by atoms with Crippen LogP contribution in [0.25, 0.3) is 0 Å². The van der Waals surface area contributed by atoms with Crippen molar-refractivity contribution in [2.75, 3.05) is 6.61 Å². The Morgan fingerprint density at radius 2 is 2.13 bits per heavy atom. The molecule has 1 aromatic carbocycles. The molecule has 0 saturated carbocycles. The van der Waals surface area contributed by atoms with E-state index in [0.717, 1.165) is 25.9 Å². The van der Waals surface area contributed by atoms with Crippen LogP contribution in [0.15, 0.2) is 30.3 Å². The Kier molecular flexibility index (Phi) is 6.78. The first-order chi connectivity index (χ1) is 11.0. The van der Waals surface area contributed by atoms with Gasteiger partial charge < -0.3 is 14.7 Å². The van der Waals surface area contributed by atoms with Gasteiger partial charge in [-0.1, -0.05) is 30.3 Å². The molecule has 1 heterocycles. The van der Waals surface area contributed by atoms with Gasteiger partial charge in [-0.25, -0.2) is 4.79 Å². The van der Waals surface area contributed by atoms with Crippen LogP contribution in [0.2, 0.25) is 0 Å². The first-order valence-electron chi connectivity index (χ1n) is 7.85. The summed E-state index contributed by atoms with van der Waals surface area (Å²) in [6.45, 7) is 0.756. The minimum absolute atomic E-state index is 0.176. The van der Waals surface area contributed by atoms with Crippen molar-refractivity contribution in [3.05, 3.63) is 35.9 Å². The van der Waals surface area contributed by atoms with Crippen LogP contribution in [0.5, 0.6) is 0 Å². The van der Waals surface area contributed by atoms with Gasteiger partial charge in [0.25, 0.3) is 0 Å². The molecule has 0 aromatic heterocycles. The maximum absolute atomic E-state index is 12.2. The second kappa shape index (κ2) is 8.60. The van der Waals surface area contributed by atoms with E-state index in [2.05, 4.69) is 0 Å². The number of benzene rings is 1. The van der Waals surface area contributed by atoms with E-state index in [1.165, 1.54) is 0 Å². The summed E-state index contributed by atoms with van der Waals surface area (Å²) in [6, 6.07) is 8.73. The van der Waals surface area contributed by atoms with E-state index in [1.807, 2.05) is 0 Å². The first kappa shape index (κ1) is 18.1. The molecule has 2 rings (SSSR count). The highest BCUT2D eigenvalue weighted by atomic mass is 31.2. The third-order valence-corrected chi connectivity index (χ3v) is 5.16. The van der Waals surface area contributed by atoms with E-state index in [4.69, 9.17) is 9.26 Å². The molecule has 0 radical (unpaired) electrons. The maximum atomic E-state index is 12.2. The average molecular weight is 342 g/mol. The van der Waals surface area contributed by atoms with E-state index in [1.54, 1.807) is 30.3 Å². The van der Waals surface area contributed by atoms with Crippen molar-refractivity contribution >= 4 is 13.6 Å². The zero-order chi connectivity index (χ0) is 16.7. The fourth-order valence-corrected chi connectivity index (χ4v) is 4.01. The summed E-state index contributed by atoms with van der Waals surface area (Å²) in [5.41, 5.74) is 0.641. The maximum Gasteiger partial charge on any atom is 0.333 e. The zero-order valence-corrected chi connectivity index (χ0v) is 13.9. The van der Waals surface area contributed by atoms with Crippen molar-refractivity contribution in [2.24, 2.45) is 0 Å². The van der Waals surface area contributed by atoms with Crippen LogP contribution in [0.1, 0.15) is 37.7 Å². The molecule has 3 unspecified atom stereocenters. The van der Waals surface area contributed by atoms with E-state index >= 15 is 0 Å². The molecule has 23 heavy (non-hydrogen) atoms. The fraction of sp³-hybridized carbons (Fsp3) is 0.562. The summed E-state index contributed by atoms with van der Waals surface area (Å²) < 4.78 is 22.7. The zero-order valence-electron chi connectivity index (χ0n) is 13.0. The predicted molar refractivity (Wildman–Crippen MR) is 85.3 cm³/mol. The second-order valence-corrected chi connectivity index (χ2v) is 7.58. The number of aliphatic carboxylic acids is 1. The first-order valence-corrected chi connectivity index (χ1v) is 9.61. The number of carboxylic acid groups (broad SMARTS) is 1. The van der Waals surface area contributed by atoms with Gasteiger partial charge >= 0.3 is 13.6 Å². The highest BCUT2D eigenvalue weighted by molar-refractivity contribution is 7.52.